The second-order valence-electron chi connectivity index (χ2n) is 9.15. The monoisotopic (exact) mass is 440 g/mol. The number of carbonyl (C=O) groups excluding carboxylic acids is 2. The Morgan fingerprint density at radius 2 is 1.59 bits per heavy atom. The zero-order valence-electron chi connectivity index (χ0n) is 20.3. The minimum Gasteiger partial charge on any atom is -0.497 e. The van der Waals surface area contributed by atoms with Crippen LogP contribution in [0.4, 0.5) is 0 Å². The van der Waals surface area contributed by atoms with Gasteiger partial charge >= 0.3 is 0 Å². The van der Waals surface area contributed by atoms with Gasteiger partial charge in [-0.1, -0.05) is 25.1 Å². The fourth-order valence-corrected chi connectivity index (χ4v) is 3.54. The minimum absolute atomic E-state index is 0.141. The van der Waals surface area contributed by atoms with E-state index in [0.717, 1.165) is 22.4 Å². The number of nitrogens with zero attached hydrogens (tertiary/aromatic N) is 1. The summed E-state index contributed by atoms with van der Waals surface area (Å²) in [5.41, 5.74) is 2.65. The SMILES string of the molecule is CC[C@@H](C(=O)NC(C)(C)C)N(Cc1ccc(OC)cc1)C(=O)COc1cc(C)cc(C)c1. The molecule has 2 rings (SSSR count). The van der Waals surface area contributed by atoms with Gasteiger partial charge < -0.3 is 19.7 Å². The first kappa shape index (κ1) is 25.2. The molecule has 0 aromatic heterocycles. The third kappa shape index (κ3) is 7.59. The summed E-state index contributed by atoms with van der Waals surface area (Å²) >= 11 is 0. The third-order valence-corrected chi connectivity index (χ3v) is 4.95. The number of hydrogen-bond acceptors (Lipinski definition) is 4. The normalized spacial score (nSPS) is 12.1. The first-order valence-corrected chi connectivity index (χ1v) is 11.0. The van der Waals surface area contributed by atoms with E-state index >= 15 is 0 Å². The van der Waals surface area contributed by atoms with Gasteiger partial charge in [-0.25, -0.2) is 0 Å². The zero-order valence-corrected chi connectivity index (χ0v) is 20.3. The molecule has 0 aliphatic carbocycles. The van der Waals surface area contributed by atoms with E-state index < -0.39 is 11.6 Å². The molecule has 0 aliphatic rings. The lowest BCUT2D eigenvalue weighted by Gasteiger charge is -2.33. The van der Waals surface area contributed by atoms with Crippen LogP contribution in [0.5, 0.6) is 11.5 Å². The van der Waals surface area contributed by atoms with Gasteiger partial charge in [0.05, 0.1) is 7.11 Å². The lowest BCUT2D eigenvalue weighted by Crippen LogP contribution is -2.54. The molecule has 32 heavy (non-hydrogen) atoms. The molecule has 0 aliphatic heterocycles. The number of benzene rings is 2. The Hall–Kier alpha value is -3.02. The highest BCUT2D eigenvalue weighted by atomic mass is 16.5. The number of amides is 2. The van der Waals surface area contributed by atoms with Gasteiger partial charge in [0.25, 0.3) is 5.91 Å². The summed E-state index contributed by atoms with van der Waals surface area (Å²) in [6, 6.07) is 12.7. The first-order chi connectivity index (χ1) is 15.0. The average Bonchev–Trinajstić information content (AvgIpc) is 2.70. The number of carbonyl (C=O) groups is 2. The summed E-state index contributed by atoms with van der Waals surface area (Å²) < 4.78 is 11.0. The smallest absolute Gasteiger partial charge is 0.261 e. The van der Waals surface area contributed by atoms with E-state index in [4.69, 9.17) is 9.47 Å². The van der Waals surface area contributed by atoms with Crippen molar-refractivity contribution in [3.05, 3.63) is 59.2 Å². The molecular formula is C26H36N2O4. The molecule has 0 saturated heterocycles. The Bertz CT molecular complexity index is 896. The van der Waals surface area contributed by atoms with Gasteiger partial charge in [0.15, 0.2) is 6.61 Å². The van der Waals surface area contributed by atoms with Crippen LogP contribution >= 0.6 is 0 Å². The highest BCUT2D eigenvalue weighted by Gasteiger charge is 2.30. The van der Waals surface area contributed by atoms with Crippen molar-refractivity contribution >= 4 is 11.8 Å². The number of hydrogen-bond donors (Lipinski definition) is 1. The van der Waals surface area contributed by atoms with Crippen LogP contribution < -0.4 is 14.8 Å². The molecule has 0 radical (unpaired) electrons. The molecule has 2 amide bonds. The fraction of sp³-hybridized carbons (Fsp3) is 0.462. The van der Waals surface area contributed by atoms with Crippen molar-refractivity contribution in [2.24, 2.45) is 0 Å². The van der Waals surface area contributed by atoms with Crippen LogP contribution in [0, 0.1) is 13.8 Å². The van der Waals surface area contributed by atoms with Crippen molar-refractivity contribution in [1.82, 2.24) is 10.2 Å². The van der Waals surface area contributed by atoms with Crippen LogP contribution in [-0.2, 0) is 16.1 Å². The third-order valence-electron chi connectivity index (χ3n) is 4.95. The molecule has 1 N–H and O–H groups in total. The van der Waals surface area contributed by atoms with Crippen molar-refractivity contribution < 1.29 is 19.1 Å². The molecule has 2 aromatic rings. The maximum atomic E-state index is 13.3. The largest absolute Gasteiger partial charge is 0.497 e. The Morgan fingerprint density at radius 3 is 2.09 bits per heavy atom. The van der Waals surface area contributed by atoms with Crippen LogP contribution in [0.3, 0.4) is 0 Å². The van der Waals surface area contributed by atoms with Crippen molar-refractivity contribution in [2.45, 2.75) is 66.1 Å². The summed E-state index contributed by atoms with van der Waals surface area (Å²) in [5.74, 6) is 0.971. The lowest BCUT2D eigenvalue weighted by molar-refractivity contribution is -0.143. The summed E-state index contributed by atoms with van der Waals surface area (Å²) in [7, 11) is 1.61. The van der Waals surface area contributed by atoms with Crippen molar-refractivity contribution in [1.29, 1.82) is 0 Å². The Kier molecular flexibility index (Phi) is 8.70. The van der Waals surface area contributed by atoms with Crippen LogP contribution in [0.15, 0.2) is 42.5 Å². The van der Waals surface area contributed by atoms with Crippen molar-refractivity contribution in [2.75, 3.05) is 13.7 Å². The number of methoxy groups -OCH3 is 1. The fourth-order valence-electron chi connectivity index (χ4n) is 3.54. The highest BCUT2D eigenvalue weighted by Crippen LogP contribution is 2.19. The maximum absolute atomic E-state index is 13.3. The summed E-state index contributed by atoms with van der Waals surface area (Å²) in [5, 5.41) is 3.00. The first-order valence-electron chi connectivity index (χ1n) is 11.0. The molecule has 0 saturated carbocycles. The second kappa shape index (κ2) is 11.0. The van der Waals surface area contributed by atoms with E-state index in [9.17, 15) is 9.59 Å². The number of rotatable bonds is 9. The molecule has 0 heterocycles. The highest BCUT2D eigenvalue weighted by molar-refractivity contribution is 5.88. The minimum atomic E-state index is -0.605. The molecule has 6 nitrogen and oxygen atoms in total. The van der Waals surface area contributed by atoms with Gasteiger partial charge in [-0.05, 0) is 82.0 Å². The summed E-state index contributed by atoms with van der Waals surface area (Å²) in [6.45, 7) is 11.8. The zero-order chi connectivity index (χ0) is 23.9. The Labute approximate surface area is 191 Å². The van der Waals surface area contributed by atoms with Gasteiger partial charge in [0, 0.05) is 12.1 Å². The van der Waals surface area contributed by atoms with E-state index in [1.54, 1.807) is 12.0 Å². The predicted molar refractivity (Wildman–Crippen MR) is 127 cm³/mol. The number of ether oxygens (including phenoxy) is 2. The van der Waals surface area contributed by atoms with Gasteiger partial charge in [0.1, 0.15) is 17.5 Å². The molecule has 6 heteroatoms. The number of nitrogens with one attached hydrogen (secondary N) is 1. The van der Waals surface area contributed by atoms with Crippen molar-refractivity contribution in [3.63, 3.8) is 0 Å². The van der Waals surface area contributed by atoms with E-state index in [0.29, 0.717) is 18.7 Å². The molecule has 174 valence electrons. The molecule has 0 spiro atoms. The second-order valence-corrected chi connectivity index (χ2v) is 9.15. The molecule has 2 aromatic carbocycles. The van der Waals surface area contributed by atoms with E-state index in [1.165, 1.54) is 0 Å². The Balaban J connectivity index is 2.25. The predicted octanol–water partition coefficient (Wildman–Crippen LogP) is 4.41. The topological polar surface area (TPSA) is 67.9 Å². The van der Waals surface area contributed by atoms with Gasteiger partial charge in [-0.15, -0.1) is 0 Å². The van der Waals surface area contributed by atoms with Gasteiger partial charge in [-0.3, -0.25) is 9.59 Å². The molecule has 0 bridgehead atoms. The van der Waals surface area contributed by atoms with Crippen LogP contribution in [0.2, 0.25) is 0 Å². The standard InChI is InChI=1S/C26H36N2O4/c1-8-23(25(30)27-26(4,5)6)28(16-20-9-11-21(31-7)12-10-20)24(29)17-32-22-14-18(2)13-19(3)15-22/h9-15,23H,8,16-17H2,1-7H3,(H,27,30)/t23-/m0/s1. The molecule has 0 unspecified atom stereocenters. The quantitative estimate of drug-likeness (QED) is 0.627. The van der Waals surface area contributed by atoms with Crippen molar-refractivity contribution in [3.8, 4) is 11.5 Å². The van der Waals surface area contributed by atoms with E-state index in [1.807, 2.05) is 77.9 Å². The van der Waals surface area contributed by atoms with E-state index in [2.05, 4.69) is 11.4 Å². The molecular weight excluding hydrogens is 404 g/mol. The van der Waals surface area contributed by atoms with E-state index in [-0.39, 0.29) is 18.4 Å². The maximum Gasteiger partial charge on any atom is 0.261 e. The van der Waals surface area contributed by atoms with Crippen LogP contribution in [0.1, 0.15) is 50.8 Å². The average molecular weight is 441 g/mol. The molecule has 1 atom stereocenters. The molecule has 0 fully saturated rings. The summed E-state index contributed by atoms with van der Waals surface area (Å²) in [4.78, 5) is 27.9. The van der Waals surface area contributed by atoms with Crippen LogP contribution in [-0.4, -0.2) is 42.0 Å². The van der Waals surface area contributed by atoms with Gasteiger partial charge in [0.2, 0.25) is 5.91 Å². The lowest BCUT2D eigenvalue weighted by atomic mass is 10.1. The Morgan fingerprint density at radius 1 is 1.00 bits per heavy atom. The van der Waals surface area contributed by atoms with Crippen LogP contribution in [0.25, 0.3) is 0 Å². The summed E-state index contributed by atoms with van der Waals surface area (Å²) in [6.07, 6.45) is 0.493. The number of aryl methyl sites for hydroxylation is 2. The van der Waals surface area contributed by atoms with Gasteiger partial charge in [-0.2, -0.15) is 0 Å².